The first-order valence-electron chi connectivity index (χ1n) is 6.86. The van der Waals surface area contributed by atoms with Gasteiger partial charge in [0.15, 0.2) is 0 Å². The van der Waals surface area contributed by atoms with Gasteiger partial charge < -0.3 is 10.1 Å². The first-order valence-corrected chi connectivity index (χ1v) is 6.86. The molecule has 2 aromatic rings. The van der Waals surface area contributed by atoms with Crippen LogP contribution in [0.2, 0.25) is 0 Å². The number of anilines is 1. The van der Waals surface area contributed by atoms with Crippen molar-refractivity contribution in [3.8, 4) is 0 Å². The number of benzene rings is 2. The van der Waals surface area contributed by atoms with Crippen LogP contribution in [-0.2, 0) is 11.2 Å². The van der Waals surface area contributed by atoms with Crippen molar-refractivity contribution >= 4 is 11.7 Å². The molecule has 0 unspecified atom stereocenters. The van der Waals surface area contributed by atoms with Crippen LogP contribution in [0.25, 0.3) is 0 Å². The van der Waals surface area contributed by atoms with Crippen LogP contribution < -0.4 is 5.32 Å². The Hall–Kier alpha value is -2.36. The third-order valence-corrected chi connectivity index (χ3v) is 3.19. The molecule has 0 spiro atoms. The number of ether oxygens (including phenoxy) is 1. The highest BCUT2D eigenvalue weighted by Crippen LogP contribution is 2.18. The van der Waals surface area contributed by atoms with Crippen LogP contribution in [-0.4, -0.2) is 19.6 Å². The molecule has 0 saturated carbocycles. The first kappa shape index (κ1) is 15.0. The Morgan fingerprint density at radius 2 is 1.95 bits per heavy atom. The van der Waals surface area contributed by atoms with Crippen molar-refractivity contribution in [1.82, 2.24) is 0 Å². The van der Waals surface area contributed by atoms with Crippen LogP contribution in [0.15, 0.2) is 48.5 Å². The minimum atomic E-state index is -0.472. The number of aryl methyl sites for hydroxylation is 1. The molecule has 2 rings (SSSR count). The predicted octanol–water partition coefficient (Wildman–Crippen LogP) is 3.66. The average Bonchev–Trinajstić information content (AvgIpc) is 2.52. The van der Waals surface area contributed by atoms with E-state index in [0.717, 1.165) is 12.8 Å². The van der Waals surface area contributed by atoms with E-state index in [2.05, 4.69) is 17.4 Å². The predicted molar refractivity (Wildman–Crippen MR) is 81.0 cm³/mol. The summed E-state index contributed by atoms with van der Waals surface area (Å²) < 4.78 is 18.0. The highest BCUT2D eigenvalue weighted by Gasteiger charge is 2.12. The van der Waals surface area contributed by atoms with Gasteiger partial charge in [0.25, 0.3) is 0 Å². The van der Waals surface area contributed by atoms with Gasteiger partial charge in [0.1, 0.15) is 5.82 Å². The van der Waals surface area contributed by atoms with Gasteiger partial charge in [0.05, 0.1) is 18.4 Å². The molecule has 0 heterocycles. The minimum absolute atomic E-state index is 0.346. The molecule has 2 aromatic carbocycles. The van der Waals surface area contributed by atoms with Crippen molar-refractivity contribution < 1.29 is 13.9 Å². The number of esters is 1. The fourth-order valence-corrected chi connectivity index (χ4v) is 2.11. The molecule has 0 aliphatic heterocycles. The quantitative estimate of drug-likeness (QED) is 0.651. The smallest absolute Gasteiger partial charge is 0.339 e. The van der Waals surface area contributed by atoms with Gasteiger partial charge in [-0.1, -0.05) is 30.3 Å². The summed E-state index contributed by atoms with van der Waals surface area (Å²) in [4.78, 5) is 11.6. The van der Waals surface area contributed by atoms with Gasteiger partial charge in [0, 0.05) is 6.54 Å². The van der Waals surface area contributed by atoms with Gasteiger partial charge in [0.2, 0.25) is 0 Å². The van der Waals surface area contributed by atoms with Crippen molar-refractivity contribution in [3.63, 3.8) is 0 Å². The zero-order valence-corrected chi connectivity index (χ0v) is 11.9. The van der Waals surface area contributed by atoms with Crippen LogP contribution in [0.5, 0.6) is 0 Å². The van der Waals surface area contributed by atoms with Crippen molar-refractivity contribution in [1.29, 1.82) is 0 Å². The van der Waals surface area contributed by atoms with E-state index in [1.54, 1.807) is 0 Å². The van der Waals surface area contributed by atoms with Gasteiger partial charge >= 0.3 is 5.97 Å². The summed E-state index contributed by atoms with van der Waals surface area (Å²) in [5, 5.41) is 3.10. The second-order valence-electron chi connectivity index (χ2n) is 4.70. The van der Waals surface area contributed by atoms with Crippen molar-refractivity contribution in [3.05, 3.63) is 65.5 Å². The minimum Gasteiger partial charge on any atom is -0.465 e. The number of rotatable bonds is 6. The Bertz CT molecular complexity index is 599. The fraction of sp³-hybridized carbons (Fsp3) is 0.235. The largest absolute Gasteiger partial charge is 0.465 e. The maximum absolute atomic E-state index is 13.3. The molecule has 0 fully saturated rings. The Kier molecular flexibility index (Phi) is 5.32. The monoisotopic (exact) mass is 287 g/mol. The highest BCUT2D eigenvalue weighted by molar-refractivity contribution is 5.95. The van der Waals surface area contributed by atoms with Gasteiger partial charge in [-0.2, -0.15) is 0 Å². The van der Waals surface area contributed by atoms with E-state index >= 15 is 0 Å². The van der Waals surface area contributed by atoms with Crippen molar-refractivity contribution in [2.45, 2.75) is 12.8 Å². The number of carbonyl (C=O) groups excluding carboxylic acids is 1. The number of methoxy groups -OCH3 is 1. The summed E-state index contributed by atoms with van der Waals surface area (Å²) in [6.07, 6.45) is 1.82. The molecule has 0 aliphatic carbocycles. The molecule has 1 N–H and O–H groups in total. The lowest BCUT2D eigenvalue weighted by molar-refractivity contribution is 0.0602. The molecular weight excluding hydrogens is 269 g/mol. The number of hydrogen-bond donors (Lipinski definition) is 1. The molecule has 21 heavy (non-hydrogen) atoms. The van der Waals surface area contributed by atoms with E-state index in [9.17, 15) is 9.18 Å². The van der Waals surface area contributed by atoms with E-state index in [4.69, 9.17) is 4.74 Å². The maximum atomic E-state index is 13.3. The normalized spacial score (nSPS) is 10.2. The van der Waals surface area contributed by atoms with E-state index in [1.807, 2.05) is 18.2 Å². The summed E-state index contributed by atoms with van der Waals surface area (Å²) >= 11 is 0. The Morgan fingerprint density at radius 3 is 2.67 bits per heavy atom. The summed E-state index contributed by atoms with van der Waals surface area (Å²) in [6, 6.07) is 14.1. The lowest BCUT2D eigenvalue weighted by Gasteiger charge is -2.11. The molecule has 0 atom stereocenters. The molecule has 4 heteroatoms. The highest BCUT2D eigenvalue weighted by atomic mass is 19.1. The molecule has 0 bridgehead atoms. The molecule has 0 saturated heterocycles. The summed E-state index contributed by atoms with van der Waals surface area (Å²) in [6.45, 7) is 0.655. The van der Waals surface area contributed by atoms with Crippen LogP contribution in [0.1, 0.15) is 22.3 Å². The summed E-state index contributed by atoms with van der Waals surface area (Å²) in [5.74, 6) is -0.853. The zero-order chi connectivity index (χ0) is 15.1. The lowest BCUT2D eigenvalue weighted by Crippen LogP contribution is -2.10. The van der Waals surface area contributed by atoms with Gasteiger partial charge in [-0.15, -0.1) is 0 Å². The van der Waals surface area contributed by atoms with Crippen LogP contribution >= 0.6 is 0 Å². The van der Waals surface area contributed by atoms with Crippen LogP contribution in [0, 0.1) is 5.82 Å². The van der Waals surface area contributed by atoms with Crippen LogP contribution in [0.3, 0.4) is 0 Å². The number of halogens is 1. The van der Waals surface area contributed by atoms with E-state index in [-0.39, 0.29) is 5.82 Å². The van der Waals surface area contributed by atoms with Crippen molar-refractivity contribution in [2.24, 2.45) is 0 Å². The average molecular weight is 287 g/mol. The lowest BCUT2D eigenvalue weighted by atomic mass is 10.1. The van der Waals surface area contributed by atoms with Gasteiger partial charge in [-0.25, -0.2) is 9.18 Å². The molecule has 0 amide bonds. The number of hydrogen-bond acceptors (Lipinski definition) is 3. The second kappa shape index (κ2) is 7.43. The summed E-state index contributed by atoms with van der Waals surface area (Å²) in [7, 11) is 1.31. The molecular formula is C17H18FNO2. The second-order valence-corrected chi connectivity index (χ2v) is 4.70. The van der Waals surface area contributed by atoms with E-state index < -0.39 is 5.97 Å². The zero-order valence-electron chi connectivity index (χ0n) is 11.9. The van der Waals surface area contributed by atoms with Crippen molar-refractivity contribution in [2.75, 3.05) is 19.0 Å². The number of nitrogens with one attached hydrogen (secondary N) is 1. The maximum Gasteiger partial charge on any atom is 0.339 e. The topological polar surface area (TPSA) is 38.3 Å². The Balaban J connectivity index is 1.93. The Morgan fingerprint density at radius 1 is 1.19 bits per heavy atom. The summed E-state index contributed by atoms with van der Waals surface area (Å²) in [5.41, 5.74) is 2.07. The molecule has 0 aromatic heterocycles. The SMILES string of the molecule is COC(=O)c1ccc(F)cc1NCCCc1ccccc1. The third kappa shape index (κ3) is 4.31. The van der Waals surface area contributed by atoms with E-state index in [1.165, 1.54) is 30.9 Å². The molecule has 110 valence electrons. The Labute approximate surface area is 123 Å². The number of carbonyl (C=O) groups is 1. The molecule has 0 aliphatic rings. The van der Waals surface area contributed by atoms with Crippen LogP contribution in [0.4, 0.5) is 10.1 Å². The van der Waals surface area contributed by atoms with Gasteiger partial charge in [-0.3, -0.25) is 0 Å². The molecule has 3 nitrogen and oxygen atoms in total. The standard InChI is InChI=1S/C17H18FNO2/c1-21-17(20)15-10-9-14(18)12-16(15)19-11-5-8-13-6-3-2-4-7-13/h2-4,6-7,9-10,12,19H,5,8,11H2,1H3. The van der Waals surface area contributed by atoms with E-state index in [0.29, 0.717) is 17.8 Å². The first-order chi connectivity index (χ1) is 10.2. The molecule has 0 radical (unpaired) electrons. The third-order valence-electron chi connectivity index (χ3n) is 3.19. The fourth-order valence-electron chi connectivity index (χ4n) is 2.11. The van der Waals surface area contributed by atoms with Gasteiger partial charge in [-0.05, 0) is 36.6 Å².